The van der Waals surface area contributed by atoms with Gasteiger partial charge >= 0.3 is 0 Å². The minimum absolute atomic E-state index is 0.0385. The van der Waals surface area contributed by atoms with Crippen LogP contribution >= 0.6 is 0 Å². The van der Waals surface area contributed by atoms with E-state index in [4.69, 9.17) is 0 Å². The van der Waals surface area contributed by atoms with Gasteiger partial charge in [0, 0.05) is 31.0 Å². The zero-order valence-corrected chi connectivity index (χ0v) is 16.3. The van der Waals surface area contributed by atoms with E-state index < -0.39 is 0 Å². The number of carbonyl (C=O) groups excluding carboxylic acids is 2. The molecule has 1 N–H and O–H groups in total. The Balaban J connectivity index is 1.12. The highest BCUT2D eigenvalue weighted by Crippen LogP contribution is 2.57. The van der Waals surface area contributed by atoms with Gasteiger partial charge in [0.05, 0.1) is 0 Å². The minimum atomic E-state index is -0.0385. The molecule has 144 valence electrons. The highest BCUT2D eigenvalue weighted by Gasteiger charge is 2.53. The van der Waals surface area contributed by atoms with Crippen molar-refractivity contribution in [1.29, 1.82) is 0 Å². The van der Waals surface area contributed by atoms with Crippen LogP contribution in [0.3, 0.4) is 0 Å². The average Bonchev–Trinajstić information content (AvgIpc) is 3.01. The second kappa shape index (κ2) is 6.08. The van der Waals surface area contributed by atoms with E-state index in [1.54, 1.807) is 0 Å². The molecule has 0 bridgehead atoms. The SMILES string of the molecule is Cc1ccccc1C1CC2(CCN(C(=O)[C@H]3C[C@]4(CCC(=O)N4)C3)CC2)C1. The van der Waals surface area contributed by atoms with Crippen LogP contribution in [0.2, 0.25) is 0 Å². The summed E-state index contributed by atoms with van der Waals surface area (Å²) in [6.07, 6.45) is 8.17. The van der Waals surface area contributed by atoms with Crippen LogP contribution in [0.4, 0.5) is 0 Å². The van der Waals surface area contributed by atoms with Gasteiger partial charge in [0.25, 0.3) is 0 Å². The molecule has 1 aromatic rings. The Bertz CT molecular complexity index is 764. The topological polar surface area (TPSA) is 49.4 Å². The largest absolute Gasteiger partial charge is 0.351 e. The molecule has 4 fully saturated rings. The quantitative estimate of drug-likeness (QED) is 0.870. The number of amides is 2. The number of rotatable bonds is 2. The summed E-state index contributed by atoms with van der Waals surface area (Å²) in [5.41, 5.74) is 3.38. The third kappa shape index (κ3) is 2.88. The first-order valence-corrected chi connectivity index (χ1v) is 10.6. The second-order valence-electron chi connectivity index (χ2n) is 9.72. The highest BCUT2D eigenvalue weighted by atomic mass is 16.2. The Hall–Kier alpha value is -1.84. The van der Waals surface area contributed by atoms with Gasteiger partial charge in [0.15, 0.2) is 0 Å². The summed E-state index contributed by atoms with van der Waals surface area (Å²) in [6, 6.07) is 8.80. The van der Waals surface area contributed by atoms with E-state index in [0.29, 0.717) is 23.7 Å². The first-order chi connectivity index (χ1) is 13.0. The summed E-state index contributed by atoms with van der Waals surface area (Å²) in [4.78, 5) is 26.5. The van der Waals surface area contributed by atoms with Gasteiger partial charge < -0.3 is 10.2 Å². The molecule has 4 heteroatoms. The molecule has 5 rings (SSSR count). The molecule has 2 saturated heterocycles. The molecule has 4 nitrogen and oxygen atoms in total. The first kappa shape index (κ1) is 17.3. The van der Waals surface area contributed by atoms with Gasteiger partial charge in [-0.3, -0.25) is 9.59 Å². The zero-order chi connectivity index (χ0) is 18.6. The number of nitrogens with one attached hydrogen (secondary N) is 1. The van der Waals surface area contributed by atoms with Crippen molar-refractivity contribution in [3.63, 3.8) is 0 Å². The van der Waals surface area contributed by atoms with E-state index in [9.17, 15) is 9.59 Å². The molecular formula is C23H30N2O2. The Kier molecular flexibility index (Phi) is 3.89. The molecule has 1 aromatic carbocycles. The van der Waals surface area contributed by atoms with Crippen LogP contribution in [0.1, 0.15) is 68.4 Å². The van der Waals surface area contributed by atoms with Gasteiger partial charge in [-0.15, -0.1) is 0 Å². The number of aryl methyl sites for hydroxylation is 1. The number of hydrogen-bond acceptors (Lipinski definition) is 2. The van der Waals surface area contributed by atoms with Crippen molar-refractivity contribution in [2.45, 2.75) is 69.7 Å². The van der Waals surface area contributed by atoms with Gasteiger partial charge in [-0.05, 0) is 74.3 Å². The molecule has 2 spiro atoms. The lowest BCUT2D eigenvalue weighted by molar-refractivity contribution is -0.145. The lowest BCUT2D eigenvalue weighted by Crippen LogP contribution is -2.58. The first-order valence-electron chi connectivity index (χ1n) is 10.6. The van der Waals surface area contributed by atoms with Crippen molar-refractivity contribution in [3.8, 4) is 0 Å². The second-order valence-corrected chi connectivity index (χ2v) is 9.72. The summed E-state index contributed by atoms with van der Waals surface area (Å²) < 4.78 is 0. The molecule has 2 saturated carbocycles. The fourth-order valence-corrected chi connectivity index (χ4v) is 6.26. The molecule has 0 radical (unpaired) electrons. The predicted octanol–water partition coefficient (Wildman–Crippen LogP) is 3.54. The molecule has 0 atom stereocenters. The Labute approximate surface area is 161 Å². The monoisotopic (exact) mass is 366 g/mol. The molecule has 0 unspecified atom stereocenters. The van der Waals surface area contributed by atoms with Crippen molar-refractivity contribution in [3.05, 3.63) is 35.4 Å². The van der Waals surface area contributed by atoms with Gasteiger partial charge in [-0.25, -0.2) is 0 Å². The van der Waals surface area contributed by atoms with Crippen LogP contribution in [0, 0.1) is 18.3 Å². The van der Waals surface area contributed by atoms with Gasteiger partial charge in [0.1, 0.15) is 0 Å². The number of nitrogens with zero attached hydrogens (tertiary/aromatic N) is 1. The molecule has 2 aliphatic carbocycles. The fraction of sp³-hybridized carbons (Fsp3) is 0.652. The van der Waals surface area contributed by atoms with Crippen LogP contribution in [0.25, 0.3) is 0 Å². The summed E-state index contributed by atoms with van der Waals surface area (Å²) in [5, 5.41) is 3.10. The van der Waals surface area contributed by atoms with Crippen molar-refractivity contribution in [1.82, 2.24) is 10.2 Å². The summed E-state index contributed by atoms with van der Waals surface area (Å²) in [5.74, 6) is 1.35. The normalized spacial score (nSPS) is 28.7. The van der Waals surface area contributed by atoms with E-state index >= 15 is 0 Å². The van der Waals surface area contributed by atoms with E-state index in [2.05, 4.69) is 41.4 Å². The number of carbonyl (C=O) groups is 2. The predicted molar refractivity (Wildman–Crippen MR) is 104 cm³/mol. The third-order valence-electron chi connectivity index (χ3n) is 7.98. The average molecular weight is 367 g/mol. The summed E-state index contributed by atoms with van der Waals surface area (Å²) in [6.45, 7) is 4.07. The third-order valence-corrected chi connectivity index (χ3v) is 7.98. The number of benzene rings is 1. The highest BCUT2D eigenvalue weighted by molar-refractivity contribution is 5.83. The molecule has 2 heterocycles. The fourth-order valence-electron chi connectivity index (χ4n) is 6.26. The lowest BCUT2D eigenvalue weighted by Gasteiger charge is -2.54. The molecule has 4 aliphatic rings. The smallest absolute Gasteiger partial charge is 0.225 e. The minimum Gasteiger partial charge on any atom is -0.351 e. The van der Waals surface area contributed by atoms with E-state index in [1.165, 1.54) is 24.0 Å². The van der Waals surface area contributed by atoms with Crippen molar-refractivity contribution in [2.75, 3.05) is 13.1 Å². The number of likely N-dealkylation sites (tertiary alicyclic amines) is 1. The number of hydrogen-bond donors (Lipinski definition) is 1. The van der Waals surface area contributed by atoms with Crippen LogP contribution in [0.15, 0.2) is 24.3 Å². The van der Waals surface area contributed by atoms with Crippen LogP contribution in [-0.2, 0) is 9.59 Å². The Morgan fingerprint density at radius 2 is 1.78 bits per heavy atom. The maximum Gasteiger partial charge on any atom is 0.225 e. The summed E-state index contributed by atoms with van der Waals surface area (Å²) in [7, 11) is 0. The maximum atomic E-state index is 12.9. The lowest BCUT2D eigenvalue weighted by atomic mass is 9.55. The van der Waals surface area contributed by atoms with E-state index in [-0.39, 0.29) is 17.4 Å². The van der Waals surface area contributed by atoms with Gasteiger partial charge in [0.2, 0.25) is 11.8 Å². The van der Waals surface area contributed by atoms with Crippen molar-refractivity contribution >= 4 is 11.8 Å². The Morgan fingerprint density at radius 3 is 2.41 bits per heavy atom. The van der Waals surface area contributed by atoms with Crippen LogP contribution in [0.5, 0.6) is 0 Å². The van der Waals surface area contributed by atoms with E-state index in [0.717, 1.165) is 45.2 Å². The van der Waals surface area contributed by atoms with Crippen LogP contribution < -0.4 is 5.32 Å². The number of piperidine rings is 1. The van der Waals surface area contributed by atoms with Gasteiger partial charge in [-0.2, -0.15) is 0 Å². The standard InChI is InChI=1S/C23H30N2O2/c1-16-4-2-3-5-19(16)17-12-22(13-17)8-10-25(11-9-22)21(27)18-14-23(15-18)7-6-20(26)24-23/h2-5,17-18H,6-15H2,1H3,(H,24,26)/t18-,23+. The molecule has 27 heavy (non-hydrogen) atoms. The van der Waals surface area contributed by atoms with Crippen molar-refractivity contribution < 1.29 is 9.59 Å². The zero-order valence-electron chi connectivity index (χ0n) is 16.3. The molecule has 0 aromatic heterocycles. The molecule has 2 aliphatic heterocycles. The molecular weight excluding hydrogens is 336 g/mol. The van der Waals surface area contributed by atoms with Crippen LogP contribution in [-0.4, -0.2) is 35.3 Å². The molecule has 2 amide bonds. The summed E-state index contributed by atoms with van der Waals surface area (Å²) >= 11 is 0. The van der Waals surface area contributed by atoms with Gasteiger partial charge in [-0.1, -0.05) is 24.3 Å². The van der Waals surface area contributed by atoms with E-state index in [1.807, 2.05) is 0 Å². The maximum absolute atomic E-state index is 12.9. The Morgan fingerprint density at radius 1 is 1.07 bits per heavy atom. The van der Waals surface area contributed by atoms with Crippen molar-refractivity contribution in [2.24, 2.45) is 11.3 Å².